The van der Waals surface area contributed by atoms with Crippen molar-refractivity contribution in [2.24, 2.45) is 0 Å². The van der Waals surface area contributed by atoms with Crippen molar-refractivity contribution in [2.75, 3.05) is 17.2 Å². The number of ether oxygens (including phenoxy) is 1. The fraction of sp³-hybridized carbons (Fsp3) is 0.211. The Hall–Kier alpha value is -3.59. The number of amides is 2. The minimum Gasteiger partial charge on any atom is -0.368 e. The van der Waals surface area contributed by atoms with Crippen LogP contribution in [0.15, 0.2) is 48.7 Å². The Morgan fingerprint density at radius 1 is 1.11 bits per heavy atom. The molecule has 4 rings (SSSR count). The zero-order valence-electron chi connectivity index (χ0n) is 14.9. The van der Waals surface area contributed by atoms with Crippen molar-refractivity contribution in [3.63, 3.8) is 0 Å². The topological polar surface area (TPSA) is 122 Å². The summed E-state index contributed by atoms with van der Waals surface area (Å²) in [4.78, 5) is 31.7. The van der Waals surface area contributed by atoms with Gasteiger partial charge < -0.3 is 15.0 Å². The molecule has 1 fully saturated rings. The standard InChI is InChI=1S/C19H18N6O3/c26-17(23-19-22-16(24-25-19)14-7-1-2-9-20-14)12-5-3-6-13(11-12)21-18(27)15-8-4-10-28-15/h1-3,5-7,9,11,15H,4,8,10H2,(H,21,27)(H2,22,23,24,25,26). The number of pyridine rings is 1. The van der Waals surface area contributed by atoms with E-state index in [0.29, 0.717) is 35.8 Å². The van der Waals surface area contributed by atoms with E-state index in [1.54, 1.807) is 42.6 Å². The van der Waals surface area contributed by atoms with E-state index in [-0.39, 0.29) is 17.8 Å². The number of aromatic nitrogens is 4. The van der Waals surface area contributed by atoms with Crippen molar-refractivity contribution < 1.29 is 14.3 Å². The molecule has 0 saturated carbocycles. The third-order valence-corrected chi connectivity index (χ3v) is 4.24. The number of nitrogens with zero attached hydrogens (tertiary/aromatic N) is 3. The predicted octanol–water partition coefficient (Wildman–Crippen LogP) is 2.24. The first-order valence-corrected chi connectivity index (χ1v) is 8.87. The molecule has 0 aliphatic carbocycles. The van der Waals surface area contributed by atoms with Crippen LogP contribution in [0.5, 0.6) is 0 Å². The minimum atomic E-state index is -0.434. The van der Waals surface area contributed by atoms with Gasteiger partial charge in [0.2, 0.25) is 5.95 Å². The van der Waals surface area contributed by atoms with Crippen molar-refractivity contribution in [1.29, 1.82) is 0 Å². The SMILES string of the molecule is O=C(Nc1nnc(-c2ccccn2)[nH]1)c1cccc(NC(=O)C2CCCO2)c1. The fourth-order valence-electron chi connectivity index (χ4n) is 2.86. The fourth-order valence-corrected chi connectivity index (χ4v) is 2.86. The van der Waals surface area contributed by atoms with Crippen LogP contribution < -0.4 is 10.6 Å². The van der Waals surface area contributed by atoms with Gasteiger partial charge in [0.25, 0.3) is 11.8 Å². The maximum Gasteiger partial charge on any atom is 0.258 e. The van der Waals surface area contributed by atoms with Gasteiger partial charge in [-0.05, 0) is 43.2 Å². The molecule has 0 radical (unpaired) electrons. The lowest BCUT2D eigenvalue weighted by Gasteiger charge is -2.11. The van der Waals surface area contributed by atoms with Crippen LogP contribution in [0.1, 0.15) is 23.2 Å². The summed E-state index contributed by atoms with van der Waals surface area (Å²) in [5, 5.41) is 13.3. The summed E-state index contributed by atoms with van der Waals surface area (Å²) in [5.41, 5.74) is 1.52. The first-order chi connectivity index (χ1) is 13.7. The molecule has 1 unspecified atom stereocenters. The molecule has 3 N–H and O–H groups in total. The Morgan fingerprint density at radius 3 is 2.82 bits per heavy atom. The summed E-state index contributed by atoms with van der Waals surface area (Å²) in [6.07, 6.45) is 2.79. The number of rotatable bonds is 5. The lowest BCUT2D eigenvalue weighted by Crippen LogP contribution is -2.27. The quantitative estimate of drug-likeness (QED) is 0.626. The Morgan fingerprint density at radius 2 is 2.04 bits per heavy atom. The third-order valence-electron chi connectivity index (χ3n) is 4.24. The van der Waals surface area contributed by atoms with E-state index in [2.05, 4.69) is 30.8 Å². The van der Waals surface area contributed by atoms with Crippen molar-refractivity contribution in [2.45, 2.75) is 18.9 Å². The highest BCUT2D eigenvalue weighted by Gasteiger charge is 2.23. The van der Waals surface area contributed by atoms with Crippen molar-refractivity contribution in [1.82, 2.24) is 20.2 Å². The number of carbonyl (C=O) groups excluding carboxylic acids is 2. The maximum absolute atomic E-state index is 12.5. The van der Waals surface area contributed by atoms with Gasteiger partial charge in [-0.1, -0.05) is 12.1 Å². The summed E-state index contributed by atoms with van der Waals surface area (Å²) in [6, 6.07) is 12.1. The van der Waals surface area contributed by atoms with E-state index in [1.807, 2.05) is 6.07 Å². The van der Waals surface area contributed by atoms with Gasteiger partial charge in [-0.25, -0.2) is 0 Å². The van der Waals surface area contributed by atoms with Gasteiger partial charge in [0.15, 0.2) is 5.82 Å². The molecule has 1 atom stereocenters. The number of aromatic amines is 1. The zero-order valence-corrected chi connectivity index (χ0v) is 14.9. The van der Waals surface area contributed by atoms with Crippen molar-refractivity contribution >= 4 is 23.5 Å². The molecule has 3 aromatic rings. The largest absolute Gasteiger partial charge is 0.368 e. The van der Waals surface area contributed by atoms with Crippen LogP contribution in [0.2, 0.25) is 0 Å². The average molecular weight is 378 g/mol. The summed E-state index contributed by atoms with van der Waals surface area (Å²) in [5.74, 6) is 0.0788. The highest BCUT2D eigenvalue weighted by molar-refractivity contribution is 6.04. The highest BCUT2D eigenvalue weighted by atomic mass is 16.5. The first kappa shape index (κ1) is 17.8. The van der Waals surface area contributed by atoms with Gasteiger partial charge in [0.05, 0.1) is 0 Å². The molecule has 28 heavy (non-hydrogen) atoms. The first-order valence-electron chi connectivity index (χ1n) is 8.87. The van der Waals surface area contributed by atoms with Crippen LogP contribution in [-0.2, 0) is 9.53 Å². The molecule has 1 aliphatic heterocycles. The molecule has 0 spiro atoms. The van der Waals surface area contributed by atoms with Gasteiger partial charge in [-0.15, -0.1) is 10.2 Å². The number of hydrogen-bond donors (Lipinski definition) is 3. The second-order valence-electron chi connectivity index (χ2n) is 6.26. The molecule has 9 nitrogen and oxygen atoms in total. The Labute approximate surface area is 160 Å². The molecule has 1 aromatic carbocycles. The summed E-state index contributed by atoms with van der Waals surface area (Å²) in [6.45, 7) is 0.595. The lowest BCUT2D eigenvalue weighted by molar-refractivity contribution is -0.124. The van der Waals surface area contributed by atoms with Gasteiger partial charge in [0, 0.05) is 24.1 Å². The molecule has 142 valence electrons. The third kappa shape index (κ3) is 4.04. The van der Waals surface area contributed by atoms with E-state index in [4.69, 9.17) is 4.74 Å². The number of anilines is 2. The van der Waals surface area contributed by atoms with Crippen LogP contribution in [0.3, 0.4) is 0 Å². The van der Waals surface area contributed by atoms with Crippen molar-refractivity contribution in [3.05, 3.63) is 54.2 Å². The molecular formula is C19H18N6O3. The Kier molecular flexibility index (Phi) is 5.07. The highest BCUT2D eigenvalue weighted by Crippen LogP contribution is 2.17. The van der Waals surface area contributed by atoms with Gasteiger partial charge >= 0.3 is 0 Å². The van der Waals surface area contributed by atoms with Crippen LogP contribution in [-0.4, -0.2) is 44.7 Å². The second-order valence-corrected chi connectivity index (χ2v) is 6.26. The molecule has 1 saturated heterocycles. The maximum atomic E-state index is 12.5. The number of hydrogen-bond acceptors (Lipinski definition) is 6. The van der Waals surface area contributed by atoms with Gasteiger partial charge in [0.1, 0.15) is 11.8 Å². The van der Waals surface area contributed by atoms with E-state index >= 15 is 0 Å². The predicted molar refractivity (Wildman–Crippen MR) is 102 cm³/mol. The number of benzene rings is 1. The average Bonchev–Trinajstić information content (AvgIpc) is 3.41. The summed E-state index contributed by atoms with van der Waals surface area (Å²) < 4.78 is 5.37. The Bertz CT molecular complexity index is 982. The zero-order chi connectivity index (χ0) is 19.3. The molecule has 3 heterocycles. The summed E-state index contributed by atoms with van der Waals surface area (Å²) >= 11 is 0. The van der Waals surface area contributed by atoms with E-state index < -0.39 is 6.10 Å². The van der Waals surface area contributed by atoms with Gasteiger partial charge in [-0.2, -0.15) is 0 Å². The molecule has 0 bridgehead atoms. The normalized spacial score (nSPS) is 15.9. The molecule has 2 amide bonds. The molecular weight excluding hydrogens is 360 g/mol. The van der Waals surface area contributed by atoms with Crippen LogP contribution >= 0.6 is 0 Å². The smallest absolute Gasteiger partial charge is 0.258 e. The van der Waals surface area contributed by atoms with E-state index in [0.717, 1.165) is 6.42 Å². The second kappa shape index (κ2) is 7.97. The number of carbonyl (C=O) groups is 2. The van der Waals surface area contributed by atoms with Crippen LogP contribution in [0.25, 0.3) is 11.5 Å². The van der Waals surface area contributed by atoms with Crippen LogP contribution in [0.4, 0.5) is 11.6 Å². The van der Waals surface area contributed by atoms with E-state index in [9.17, 15) is 9.59 Å². The Balaban J connectivity index is 1.42. The van der Waals surface area contributed by atoms with Crippen molar-refractivity contribution in [3.8, 4) is 11.5 Å². The summed E-state index contributed by atoms with van der Waals surface area (Å²) in [7, 11) is 0. The molecule has 2 aromatic heterocycles. The molecule has 1 aliphatic rings. The lowest BCUT2D eigenvalue weighted by atomic mass is 10.1. The number of H-pyrrole nitrogens is 1. The number of nitrogens with one attached hydrogen (secondary N) is 3. The van der Waals surface area contributed by atoms with Gasteiger partial charge in [-0.3, -0.25) is 19.9 Å². The molecule has 9 heteroatoms. The monoisotopic (exact) mass is 378 g/mol. The van der Waals surface area contributed by atoms with Crippen LogP contribution in [0, 0.1) is 0 Å². The minimum absolute atomic E-state index is 0.203. The van der Waals surface area contributed by atoms with E-state index in [1.165, 1.54) is 0 Å².